The smallest absolute Gasteiger partial charge is 0.180 e. The zero-order valence-electron chi connectivity index (χ0n) is 11.1. The number of unbranched alkanes of at least 4 members (excludes halogenated alkanes) is 4. The van der Waals surface area contributed by atoms with Crippen molar-refractivity contribution in [1.82, 2.24) is 0 Å². The fourth-order valence-electron chi connectivity index (χ4n) is 1.66. The van der Waals surface area contributed by atoms with E-state index in [2.05, 4.69) is 13.8 Å². The summed E-state index contributed by atoms with van der Waals surface area (Å²) in [5, 5.41) is 8.59. The van der Waals surface area contributed by atoms with Gasteiger partial charge in [0.15, 0.2) is 4.30 Å². The predicted octanol–water partition coefficient (Wildman–Crippen LogP) is 5.74. The minimum atomic E-state index is -0.750. The van der Waals surface area contributed by atoms with Crippen molar-refractivity contribution in [1.29, 1.82) is 0 Å². The molecule has 0 aromatic carbocycles. The Morgan fingerprint density at radius 1 is 0.882 bits per heavy atom. The van der Waals surface area contributed by atoms with Gasteiger partial charge >= 0.3 is 0 Å². The summed E-state index contributed by atoms with van der Waals surface area (Å²) in [4.78, 5) is 0. The first-order valence-corrected chi connectivity index (χ1v) is 7.88. The summed E-state index contributed by atoms with van der Waals surface area (Å²) in [6.45, 7) is 4.99. The molecule has 0 saturated heterocycles. The van der Waals surface area contributed by atoms with Gasteiger partial charge in [-0.3, -0.25) is 0 Å². The molecule has 0 aliphatic heterocycles. The SMILES string of the molecule is CCCCC(C)CCCCCCO.ClC(Cl)Cl. The molecule has 0 spiro atoms. The maximum atomic E-state index is 8.59. The van der Waals surface area contributed by atoms with Crippen LogP contribution in [0.3, 0.4) is 0 Å². The molecule has 0 fully saturated rings. The Morgan fingerprint density at radius 2 is 1.35 bits per heavy atom. The van der Waals surface area contributed by atoms with Gasteiger partial charge in [-0.2, -0.15) is 0 Å². The van der Waals surface area contributed by atoms with Crippen molar-refractivity contribution in [3.8, 4) is 0 Å². The molecule has 0 aliphatic rings. The molecule has 0 amide bonds. The van der Waals surface area contributed by atoms with E-state index in [1.54, 1.807) is 0 Å². The van der Waals surface area contributed by atoms with E-state index < -0.39 is 4.30 Å². The normalized spacial score (nSPS) is 12.2. The third-order valence-electron chi connectivity index (χ3n) is 2.66. The average Bonchev–Trinajstić information content (AvgIpc) is 2.25. The lowest BCUT2D eigenvalue weighted by Crippen LogP contribution is -1.94. The molecule has 0 heterocycles. The van der Waals surface area contributed by atoms with Crippen LogP contribution in [0, 0.1) is 5.92 Å². The van der Waals surface area contributed by atoms with Gasteiger partial charge in [0.2, 0.25) is 0 Å². The topological polar surface area (TPSA) is 20.2 Å². The minimum Gasteiger partial charge on any atom is -0.396 e. The van der Waals surface area contributed by atoms with Gasteiger partial charge in [0.05, 0.1) is 0 Å². The van der Waals surface area contributed by atoms with E-state index in [1.165, 1.54) is 44.9 Å². The summed E-state index contributed by atoms with van der Waals surface area (Å²) < 4.78 is -0.750. The largest absolute Gasteiger partial charge is 0.396 e. The summed E-state index contributed by atoms with van der Waals surface area (Å²) in [6.07, 6.45) is 10.3. The van der Waals surface area contributed by atoms with Crippen LogP contribution >= 0.6 is 34.8 Å². The highest BCUT2D eigenvalue weighted by Gasteiger charge is 2.00. The van der Waals surface area contributed by atoms with E-state index in [4.69, 9.17) is 39.9 Å². The van der Waals surface area contributed by atoms with E-state index >= 15 is 0 Å². The number of hydrogen-bond donors (Lipinski definition) is 1. The lowest BCUT2D eigenvalue weighted by Gasteiger charge is -2.09. The summed E-state index contributed by atoms with van der Waals surface area (Å²) in [5.41, 5.74) is 0. The zero-order chi connectivity index (χ0) is 13.5. The van der Waals surface area contributed by atoms with E-state index in [9.17, 15) is 0 Å². The van der Waals surface area contributed by atoms with Gasteiger partial charge in [-0.05, 0) is 12.3 Å². The van der Waals surface area contributed by atoms with Gasteiger partial charge in [0, 0.05) is 6.61 Å². The predicted molar refractivity (Wildman–Crippen MR) is 80.2 cm³/mol. The van der Waals surface area contributed by atoms with Gasteiger partial charge in [-0.15, -0.1) is 0 Å². The van der Waals surface area contributed by atoms with Gasteiger partial charge in [-0.25, -0.2) is 0 Å². The molecule has 106 valence electrons. The lowest BCUT2D eigenvalue weighted by atomic mass is 9.97. The number of hydrogen-bond acceptors (Lipinski definition) is 1. The Bertz CT molecular complexity index is 129. The summed E-state index contributed by atoms with van der Waals surface area (Å²) >= 11 is 14.4. The Morgan fingerprint density at radius 3 is 1.82 bits per heavy atom. The van der Waals surface area contributed by atoms with Crippen molar-refractivity contribution < 1.29 is 5.11 Å². The molecule has 0 rings (SSSR count). The highest BCUT2D eigenvalue weighted by atomic mass is 35.6. The molecular weight excluding hydrogens is 279 g/mol. The van der Waals surface area contributed by atoms with Gasteiger partial charge in [0.1, 0.15) is 0 Å². The van der Waals surface area contributed by atoms with Crippen LogP contribution in [0.1, 0.15) is 65.2 Å². The van der Waals surface area contributed by atoms with Crippen molar-refractivity contribution >= 4 is 34.8 Å². The van der Waals surface area contributed by atoms with Crippen LogP contribution in [0.15, 0.2) is 0 Å². The van der Waals surface area contributed by atoms with E-state index in [-0.39, 0.29) is 0 Å². The van der Waals surface area contributed by atoms with Crippen LogP contribution in [-0.2, 0) is 0 Å². The summed E-state index contributed by atoms with van der Waals surface area (Å²) in [5.74, 6) is 0.911. The van der Waals surface area contributed by atoms with Crippen molar-refractivity contribution in [2.45, 2.75) is 69.5 Å². The quantitative estimate of drug-likeness (QED) is 0.425. The maximum absolute atomic E-state index is 8.59. The number of rotatable bonds is 9. The minimum absolute atomic E-state index is 0.366. The number of aliphatic hydroxyl groups excluding tert-OH is 1. The fraction of sp³-hybridized carbons (Fsp3) is 1.00. The Labute approximate surface area is 122 Å². The molecule has 0 radical (unpaired) electrons. The van der Waals surface area contributed by atoms with Gasteiger partial charge in [0.25, 0.3) is 0 Å². The zero-order valence-corrected chi connectivity index (χ0v) is 13.4. The number of halogens is 3. The summed E-state index contributed by atoms with van der Waals surface area (Å²) in [6, 6.07) is 0. The molecule has 0 aromatic heterocycles. The number of aliphatic hydroxyl groups is 1. The second-order valence-electron chi connectivity index (χ2n) is 4.42. The molecule has 0 aromatic rings. The highest BCUT2D eigenvalue weighted by molar-refractivity contribution is 6.63. The first-order chi connectivity index (χ1) is 8.04. The third kappa shape index (κ3) is 26.4. The van der Waals surface area contributed by atoms with Crippen molar-refractivity contribution in [3.63, 3.8) is 0 Å². The maximum Gasteiger partial charge on any atom is 0.180 e. The molecule has 0 saturated carbocycles. The monoisotopic (exact) mass is 304 g/mol. The molecule has 1 unspecified atom stereocenters. The molecule has 1 nitrogen and oxygen atoms in total. The first-order valence-electron chi connectivity index (χ1n) is 6.57. The standard InChI is InChI=1S/C12H26O.CHCl3/c1-3-4-9-12(2)10-7-5-6-8-11-13;2-1(3)4/h12-13H,3-11H2,1-2H3;1H. The first kappa shape index (κ1) is 20.2. The lowest BCUT2D eigenvalue weighted by molar-refractivity contribution is 0.281. The second-order valence-corrected chi connectivity index (χ2v) is 6.40. The molecule has 0 bridgehead atoms. The van der Waals surface area contributed by atoms with Crippen LogP contribution in [0.25, 0.3) is 0 Å². The van der Waals surface area contributed by atoms with E-state index in [0.29, 0.717) is 6.61 Å². The molecule has 1 N–H and O–H groups in total. The Hall–Kier alpha value is 0.830. The van der Waals surface area contributed by atoms with Crippen molar-refractivity contribution in [2.75, 3.05) is 6.61 Å². The van der Waals surface area contributed by atoms with Gasteiger partial charge in [-0.1, -0.05) is 93.6 Å². The Kier molecular flexibility index (Phi) is 20.0. The van der Waals surface area contributed by atoms with Gasteiger partial charge < -0.3 is 5.11 Å². The van der Waals surface area contributed by atoms with Crippen LogP contribution in [0.5, 0.6) is 0 Å². The third-order valence-corrected chi connectivity index (χ3v) is 2.66. The van der Waals surface area contributed by atoms with E-state index in [0.717, 1.165) is 12.3 Å². The highest BCUT2D eigenvalue weighted by Crippen LogP contribution is 2.15. The Balaban J connectivity index is 0. The molecule has 17 heavy (non-hydrogen) atoms. The molecular formula is C13H27Cl3O. The molecule has 0 aliphatic carbocycles. The average molecular weight is 306 g/mol. The fourth-order valence-corrected chi connectivity index (χ4v) is 1.66. The van der Waals surface area contributed by atoms with Crippen LogP contribution in [0.4, 0.5) is 0 Å². The number of alkyl halides is 3. The van der Waals surface area contributed by atoms with Crippen LogP contribution < -0.4 is 0 Å². The van der Waals surface area contributed by atoms with Crippen LogP contribution in [-0.4, -0.2) is 16.0 Å². The molecule has 4 heteroatoms. The van der Waals surface area contributed by atoms with E-state index in [1.807, 2.05) is 0 Å². The summed E-state index contributed by atoms with van der Waals surface area (Å²) in [7, 11) is 0. The van der Waals surface area contributed by atoms with Crippen molar-refractivity contribution in [3.05, 3.63) is 0 Å². The molecule has 1 atom stereocenters. The second kappa shape index (κ2) is 16.8. The van der Waals surface area contributed by atoms with Crippen LogP contribution in [0.2, 0.25) is 0 Å². The van der Waals surface area contributed by atoms with Crippen molar-refractivity contribution in [2.24, 2.45) is 5.92 Å².